The number of aliphatic hydroxyl groups excluding tert-OH is 4. The van der Waals surface area contributed by atoms with Crippen molar-refractivity contribution in [1.29, 1.82) is 0 Å². The minimum atomic E-state index is -1.61. The maximum absolute atomic E-state index is 9.57. The van der Waals surface area contributed by atoms with Crippen LogP contribution in [-0.2, 0) is 9.47 Å². The van der Waals surface area contributed by atoms with Gasteiger partial charge < -0.3 is 29.9 Å². The lowest BCUT2D eigenvalue weighted by atomic mass is 10.1. The molecule has 0 amide bonds. The van der Waals surface area contributed by atoms with Crippen LogP contribution in [0.25, 0.3) is 0 Å². The molecule has 0 saturated carbocycles. The Morgan fingerprint density at radius 3 is 2.36 bits per heavy atom. The molecule has 0 aliphatic carbocycles. The molecule has 4 N–H and O–H groups in total. The Kier molecular flexibility index (Phi) is 3.82. The zero-order chi connectivity index (χ0) is 10.8. The van der Waals surface area contributed by atoms with Crippen LogP contribution in [0.4, 0.5) is 0 Å². The molecule has 0 radical (unpaired) electrons. The summed E-state index contributed by atoms with van der Waals surface area (Å²) in [6, 6.07) is 0. The topological polar surface area (TPSA) is 99.4 Å². The van der Waals surface area contributed by atoms with Gasteiger partial charge in [-0.05, 0) is 6.92 Å². The smallest absolute Gasteiger partial charge is 0.221 e. The van der Waals surface area contributed by atoms with E-state index in [0.29, 0.717) is 0 Å². The van der Waals surface area contributed by atoms with Crippen molar-refractivity contribution in [3.05, 3.63) is 0 Å². The molecular weight excluding hydrogens is 192 g/mol. The number of ether oxygens (including phenoxy) is 2. The van der Waals surface area contributed by atoms with Crippen molar-refractivity contribution in [3.63, 3.8) is 0 Å². The van der Waals surface area contributed by atoms with Gasteiger partial charge in [-0.2, -0.15) is 0 Å². The number of hydrogen-bond acceptors (Lipinski definition) is 6. The van der Waals surface area contributed by atoms with Gasteiger partial charge in [0.1, 0.15) is 24.9 Å². The molecule has 1 rings (SSSR count). The third kappa shape index (κ3) is 1.77. The first kappa shape index (κ1) is 11.8. The second-order valence-corrected chi connectivity index (χ2v) is 3.18. The lowest BCUT2D eigenvalue weighted by Gasteiger charge is -2.29. The van der Waals surface area contributed by atoms with Crippen molar-refractivity contribution in [2.75, 3.05) is 19.8 Å². The van der Waals surface area contributed by atoms with E-state index in [2.05, 4.69) is 0 Å². The van der Waals surface area contributed by atoms with Gasteiger partial charge in [-0.15, -0.1) is 0 Å². The fraction of sp³-hybridized carbons (Fsp3) is 1.00. The molecule has 0 aromatic heterocycles. The number of aliphatic hydroxyl groups is 4. The second kappa shape index (κ2) is 4.52. The van der Waals surface area contributed by atoms with Gasteiger partial charge in [0.15, 0.2) is 0 Å². The summed E-state index contributed by atoms with van der Waals surface area (Å²) in [6.07, 6.45) is -3.54. The zero-order valence-corrected chi connectivity index (χ0v) is 7.96. The Bertz CT molecular complexity index is 187. The highest BCUT2D eigenvalue weighted by atomic mass is 16.7. The minimum Gasteiger partial charge on any atom is -0.394 e. The molecule has 14 heavy (non-hydrogen) atoms. The molecule has 6 heteroatoms. The predicted molar refractivity (Wildman–Crippen MR) is 45.4 cm³/mol. The highest BCUT2D eigenvalue weighted by Gasteiger charge is 2.54. The van der Waals surface area contributed by atoms with Crippen molar-refractivity contribution in [1.82, 2.24) is 0 Å². The Balaban J connectivity index is 2.78. The zero-order valence-electron chi connectivity index (χ0n) is 7.96. The molecule has 1 aliphatic heterocycles. The Morgan fingerprint density at radius 1 is 1.36 bits per heavy atom. The minimum absolute atomic E-state index is 0.225. The van der Waals surface area contributed by atoms with Crippen LogP contribution in [0.1, 0.15) is 6.92 Å². The highest BCUT2D eigenvalue weighted by Crippen LogP contribution is 2.31. The first-order valence-corrected chi connectivity index (χ1v) is 4.51. The number of hydrogen-bond donors (Lipinski definition) is 4. The third-order valence-electron chi connectivity index (χ3n) is 2.29. The summed E-state index contributed by atoms with van der Waals surface area (Å²) in [5.74, 6) is -1.61. The van der Waals surface area contributed by atoms with E-state index in [0.717, 1.165) is 0 Å². The van der Waals surface area contributed by atoms with Gasteiger partial charge in [0, 0.05) is 6.61 Å². The van der Waals surface area contributed by atoms with E-state index in [-0.39, 0.29) is 6.61 Å². The third-order valence-corrected chi connectivity index (χ3v) is 2.29. The van der Waals surface area contributed by atoms with E-state index < -0.39 is 37.3 Å². The van der Waals surface area contributed by atoms with E-state index >= 15 is 0 Å². The maximum atomic E-state index is 9.57. The van der Waals surface area contributed by atoms with Gasteiger partial charge in [0.25, 0.3) is 0 Å². The fourth-order valence-electron chi connectivity index (χ4n) is 1.54. The molecule has 1 saturated heterocycles. The van der Waals surface area contributed by atoms with E-state index in [1.165, 1.54) is 0 Å². The van der Waals surface area contributed by atoms with Gasteiger partial charge in [-0.1, -0.05) is 0 Å². The molecule has 84 valence electrons. The van der Waals surface area contributed by atoms with Gasteiger partial charge in [-0.25, -0.2) is 0 Å². The molecule has 1 fully saturated rings. The average Bonchev–Trinajstić information content (AvgIpc) is 2.44. The first-order chi connectivity index (χ1) is 6.61. The SMILES string of the molecule is CCOC1(CO)OC(CO)C(O)C1O. The van der Waals surface area contributed by atoms with Crippen LogP contribution < -0.4 is 0 Å². The highest BCUT2D eigenvalue weighted by molar-refractivity contribution is 4.96. The molecular formula is C8H16O6. The standard InChI is InChI=1S/C8H16O6/c1-2-13-8(4-10)7(12)6(11)5(3-9)14-8/h5-7,9-12H,2-4H2,1H3. The second-order valence-electron chi connectivity index (χ2n) is 3.18. The van der Waals surface area contributed by atoms with Crippen LogP contribution in [0, 0.1) is 0 Å². The lowest BCUT2D eigenvalue weighted by molar-refractivity contribution is -0.274. The molecule has 4 atom stereocenters. The van der Waals surface area contributed by atoms with Crippen LogP contribution in [0.15, 0.2) is 0 Å². The van der Waals surface area contributed by atoms with Gasteiger partial charge in [0.05, 0.1) is 6.61 Å². The Hall–Kier alpha value is -0.240. The van der Waals surface area contributed by atoms with E-state index in [4.69, 9.17) is 19.7 Å². The van der Waals surface area contributed by atoms with Crippen molar-refractivity contribution >= 4 is 0 Å². The van der Waals surface area contributed by atoms with Crippen molar-refractivity contribution in [2.24, 2.45) is 0 Å². The molecule has 1 aliphatic rings. The quantitative estimate of drug-likeness (QED) is 0.419. The molecule has 6 nitrogen and oxygen atoms in total. The van der Waals surface area contributed by atoms with Gasteiger partial charge in [-0.3, -0.25) is 0 Å². The van der Waals surface area contributed by atoms with Crippen LogP contribution in [0.5, 0.6) is 0 Å². The molecule has 0 aromatic rings. The van der Waals surface area contributed by atoms with Crippen LogP contribution in [-0.4, -0.2) is 64.3 Å². The summed E-state index contributed by atoms with van der Waals surface area (Å²) in [6.45, 7) is 0.886. The van der Waals surface area contributed by atoms with E-state index in [1.807, 2.05) is 0 Å². The van der Waals surface area contributed by atoms with Gasteiger partial charge in [0.2, 0.25) is 5.79 Å². The molecule has 0 bridgehead atoms. The summed E-state index contributed by atoms with van der Waals surface area (Å²) in [5, 5.41) is 36.9. The normalized spacial score (nSPS) is 43.1. The van der Waals surface area contributed by atoms with Gasteiger partial charge >= 0.3 is 0 Å². The lowest BCUT2D eigenvalue weighted by Crippen LogP contribution is -2.48. The average molecular weight is 208 g/mol. The predicted octanol–water partition coefficient (Wildman–Crippen LogP) is -2.18. The summed E-state index contributed by atoms with van der Waals surface area (Å²) >= 11 is 0. The molecule has 0 spiro atoms. The summed E-state index contributed by atoms with van der Waals surface area (Å²) in [7, 11) is 0. The molecule has 1 heterocycles. The Morgan fingerprint density at radius 2 is 2.00 bits per heavy atom. The first-order valence-electron chi connectivity index (χ1n) is 4.51. The van der Waals surface area contributed by atoms with Crippen LogP contribution in [0.2, 0.25) is 0 Å². The summed E-state index contributed by atoms with van der Waals surface area (Å²) in [5.41, 5.74) is 0. The molecule has 0 aromatic carbocycles. The molecule has 4 unspecified atom stereocenters. The Labute approximate surface area is 81.7 Å². The number of rotatable bonds is 4. The maximum Gasteiger partial charge on any atom is 0.221 e. The van der Waals surface area contributed by atoms with Crippen LogP contribution in [0.3, 0.4) is 0 Å². The monoisotopic (exact) mass is 208 g/mol. The summed E-state index contributed by atoms with van der Waals surface area (Å²) < 4.78 is 10.2. The summed E-state index contributed by atoms with van der Waals surface area (Å²) in [4.78, 5) is 0. The van der Waals surface area contributed by atoms with Crippen molar-refractivity contribution in [2.45, 2.75) is 31.0 Å². The fourth-order valence-corrected chi connectivity index (χ4v) is 1.54. The largest absolute Gasteiger partial charge is 0.394 e. The van der Waals surface area contributed by atoms with E-state index in [1.54, 1.807) is 6.92 Å². The van der Waals surface area contributed by atoms with Crippen molar-refractivity contribution < 1.29 is 29.9 Å². The van der Waals surface area contributed by atoms with Crippen LogP contribution >= 0.6 is 0 Å². The van der Waals surface area contributed by atoms with Crippen molar-refractivity contribution in [3.8, 4) is 0 Å². The van der Waals surface area contributed by atoms with E-state index in [9.17, 15) is 10.2 Å².